The smallest absolute Gasteiger partial charge is 0.354 e. The molecule has 0 spiro atoms. The second-order valence-electron chi connectivity index (χ2n) is 5.96. The summed E-state index contributed by atoms with van der Waals surface area (Å²) < 4.78 is 5.50. The van der Waals surface area contributed by atoms with Crippen LogP contribution in [0.2, 0.25) is 0 Å². The molecule has 3 rings (SSSR count). The van der Waals surface area contributed by atoms with E-state index in [0.29, 0.717) is 12.0 Å². The minimum absolute atomic E-state index is 0.197. The van der Waals surface area contributed by atoms with E-state index in [1.807, 2.05) is 55.9 Å². The standard InChI is InChI=1S/C17H21NO2S/c1-11(2)15(18-9-14-12(3)21-16(14)18)17(19)20-10-13-7-5-4-6-8-13/h4-8,12,14,16H,9-10H2,1-3H3/t12-,14?,16?/m0/s1. The lowest BCUT2D eigenvalue weighted by atomic mass is 9.93. The van der Waals surface area contributed by atoms with Gasteiger partial charge in [0, 0.05) is 17.7 Å². The van der Waals surface area contributed by atoms with Crippen molar-refractivity contribution < 1.29 is 9.53 Å². The van der Waals surface area contributed by atoms with Gasteiger partial charge < -0.3 is 9.64 Å². The Morgan fingerprint density at radius 1 is 1.33 bits per heavy atom. The van der Waals surface area contributed by atoms with Gasteiger partial charge in [-0.2, -0.15) is 0 Å². The van der Waals surface area contributed by atoms with Crippen molar-refractivity contribution in [2.75, 3.05) is 6.54 Å². The monoisotopic (exact) mass is 303 g/mol. The van der Waals surface area contributed by atoms with E-state index in [2.05, 4.69) is 11.8 Å². The maximum absolute atomic E-state index is 12.4. The Labute approximate surface area is 130 Å². The van der Waals surface area contributed by atoms with Gasteiger partial charge in [0.05, 0.1) is 5.37 Å². The highest BCUT2D eigenvalue weighted by atomic mass is 32.2. The van der Waals surface area contributed by atoms with Crippen molar-refractivity contribution in [3.05, 3.63) is 47.2 Å². The summed E-state index contributed by atoms with van der Waals surface area (Å²) in [6.07, 6.45) is 0. The van der Waals surface area contributed by atoms with Gasteiger partial charge >= 0.3 is 5.97 Å². The van der Waals surface area contributed by atoms with Gasteiger partial charge in [-0.3, -0.25) is 0 Å². The van der Waals surface area contributed by atoms with Gasteiger partial charge in [-0.05, 0) is 25.0 Å². The van der Waals surface area contributed by atoms with Crippen molar-refractivity contribution in [2.24, 2.45) is 5.92 Å². The molecule has 0 radical (unpaired) electrons. The number of likely N-dealkylation sites (tertiary alicyclic amines) is 1. The lowest BCUT2D eigenvalue weighted by molar-refractivity contribution is -0.143. The average Bonchev–Trinajstić information content (AvgIpc) is 2.46. The Bertz CT molecular complexity index is 565. The molecule has 0 amide bonds. The Morgan fingerprint density at radius 3 is 2.57 bits per heavy atom. The summed E-state index contributed by atoms with van der Waals surface area (Å²) in [5, 5.41) is 1.21. The summed E-state index contributed by atoms with van der Waals surface area (Å²) in [4.78, 5) is 14.6. The number of fused-ring (bicyclic) bond motifs is 1. The number of allylic oxidation sites excluding steroid dienone is 1. The average molecular weight is 303 g/mol. The van der Waals surface area contributed by atoms with Crippen molar-refractivity contribution in [2.45, 2.75) is 38.0 Å². The molecule has 2 unspecified atom stereocenters. The predicted octanol–water partition coefficient (Wildman–Crippen LogP) is 3.42. The first-order valence-electron chi connectivity index (χ1n) is 7.38. The fourth-order valence-corrected chi connectivity index (χ4v) is 4.39. The first kappa shape index (κ1) is 14.5. The van der Waals surface area contributed by atoms with Crippen molar-refractivity contribution >= 4 is 17.7 Å². The van der Waals surface area contributed by atoms with Crippen molar-refractivity contribution in [3.63, 3.8) is 0 Å². The third-order valence-electron chi connectivity index (χ3n) is 4.20. The molecule has 0 aliphatic carbocycles. The summed E-state index contributed by atoms with van der Waals surface area (Å²) in [6, 6.07) is 9.81. The number of benzene rings is 1. The van der Waals surface area contributed by atoms with E-state index < -0.39 is 0 Å². The number of hydrogen-bond acceptors (Lipinski definition) is 4. The van der Waals surface area contributed by atoms with E-state index >= 15 is 0 Å². The number of ether oxygens (including phenoxy) is 1. The van der Waals surface area contributed by atoms with E-state index in [1.165, 1.54) is 0 Å². The molecule has 3 nitrogen and oxygen atoms in total. The van der Waals surface area contributed by atoms with Crippen LogP contribution in [0, 0.1) is 5.92 Å². The molecule has 0 bridgehead atoms. The van der Waals surface area contributed by atoms with E-state index in [4.69, 9.17) is 4.74 Å². The Balaban J connectivity index is 1.63. The van der Waals surface area contributed by atoms with Crippen LogP contribution in [-0.4, -0.2) is 28.0 Å². The molecular weight excluding hydrogens is 282 g/mol. The maximum atomic E-state index is 12.4. The first-order valence-corrected chi connectivity index (χ1v) is 8.33. The molecule has 1 aromatic carbocycles. The summed E-state index contributed by atoms with van der Waals surface area (Å²) in [5.74, 6) is 0.545. The van der Waals surface area contributed by atoms with E-state index in [-0.39, 0.29) is 5.97 Å². The molecule has 4 heteroatoms. The van der Waals surface area contributed by atoms with Crippen LogP contribution in [-0.2, 0) is 16.1 Å². The number of hydrogen-bond donors (Lipinski definition) is 0. The number of esters is 1. The number of rotatable bonds is 4. The van der Waals surface area contributed by atoms with Crippen LogP contribution < -0.4 is 0 Å². The van der Waals surface area contributed by atoms with E-state index in [1.54, 1.807) is 0 Å². The van der Waals surface area contributed by atoms with Crippen molar-refractivity contribution in [3.8, 4) is 0 Å². The molecule has 21 heavy (non-hydrogen) atoms. The highest BCUT2D eigenvalue weighted by Gasteiger charge is 2.53. The zero-order valence-electron chi connectivity index (χ0n) is 12.7. The summed E-state index contributed by atoms with van der Waals surface area (Å²) >= 11 is 1.95. The maximum Gasteiger partial charge on any atom is 0.354 e. The Morgan fingerprint density at radius 2 is 2.05 bits per heavy atom. The second-order valence-corrected chi connectivity index (χ2v) is 7.46. The van der Waals surface area contributed by atoms with Gasteiger partial charge in [-0.15, -0.1) is 11.8 Å². The van der Waals surface area contributed by atoms with Crippen LogP contribution in [0.4, 0.5) is 0 Å². The summed E-state index contributed by atoms with van der Waals surface area (Å²) in [7, 11) is 0. The Kier molecular flexibility index (Phi) is 3.98. The van der Waals surface area contributed by atoms with Crippen LogP contribution in [0.3, 0.4) is 0 Å². The second kappa shape index (κ2) is 5.76. The third-order valence-corrected chi connectivity index (χ3v) is 5.87. The lowest BCUT2D eigenvalue weighted by Gasteiger charge is -2.59. The van der Waals surface area contributed by atoms with Crippen LogP contribution >= 0.6 is 11.8 Å². The first-order chi connectivity index (χ1) is 10.1. The zero-order chi connectivity index (χ0) is 15.0. The number of nitrogens with zero attached hydrogens (tertiary/aromatic N) is 1. The topological polar surface area (TPSA) is 29.5 Å². The van der Waals surface area contributed by atoms with E-state index in [9.17, 15) is 4.79 Å². The molecule has 1 aromatic rings. The summed E-state index contributed by atoms with van der Waals surface area (Å²) in [5.41, 5.74) is 2.81. The predicted molar refractivity (Wildman–Crippen MR) is 85.6 cm³/mol. The zero-order valence-corrected chi connectivity index (χ0v) is 13.5. The fourth-order valence-electron chi connectivity index (χ4n) is 2.92. The highest BCUT2D eigenvalue weighted by Crippen LogP contribution is 2.53. The molecule has 0 saturated carbocycles. The number of carbonyl (C=O) groups excluding carboxylic acids is 1. The summed E-state index contributed by atoms with van der Waals surface area (Å²) in [6.45, 7) is 7.55. The van der Waals surface area contributed by atoms with Gasteiger partial charge in [0.2, 0.25) is 0 Å². The molecule has 0 N–H and O–H groups in total. The molecule has 2 saturated heterocycles. The van der Waals surface area contributed by atoms with Crippen LogP contribution in [0.1, 0.15) is 26.3 Å². The third kappa shape index (κ3) is 2.69. The SMILES string of the molecule is CC(C)=C(C(=O)OCc1ccccc1)N1CC2C1S[C@H]2C. The lowest BCUT2D eigenvalue weighted by Crippen LogP contribution is -2.64. The van der Waals surface area contributed by atoms with Gasteiger partial charge in [0.1, 0.15) is 12.3 Å². The van der Waals surface area contributed by atoms with Crippen LogP contribution in [0.15, 0.2) is 41.6 Å². The minimum atomic E-state index is -0.197. The number of thioether (sulfide) groups is 1. The van der Waals surface area contributed by atoms with Crippen LogP contribution in [0.5, 0.6) is 0 Å². The minimum Gasteiger partial charge on any atom is -0.456 e. The van der Waals surface area contributed by atoms with E-state index in [0.717, 1.165) is 34.5 Å². The van der Waals surface area contributed by atoms with Crippen LogP contribution in [0.25, 0.3) is 0 Å². The van der Waals surface area contributed by atoms with Gasteiger partial charge in [0.25, 0.3) is 0 Å². The molecule has 2 aliphatic heterocycles. The molecule has 0 aromatic heterocycles. The fraction of sp³-hybridized carbons (Fsp3) is 0.471. The normalized spacial score (nSPS) is 26.2. The highest BCUT2D eigenvalue weighted by molar-refractivity contribution is 8.02. The van der Waals surface area contributed by atoms with Gasteiger partial charge in [-0.1, -0.05) is 37.3 Å². The Hall–Kier alpha value is -1.42. The van der Waals surface area contributed by atoms with Crippen molar-refractivity contribution in [1.82, 2.24) is 4.90 Å². The molecule has 2 aliphatic rings. The number of carbonyl (C=O) groups is 1. The van der Waals surface area contributed by atoms with Gasteiger partial charge in [0.15, 0.2) is 0 Å². The van der Waals surface area contributed by atoms with Crippen molar-refractivity contribution in [1.29, 1.82) is 0 Å². The van der Waals surface area contributed by atoms with Gasteiger partial charge in [-0.25, -0.2) is 4.79 Å². The molecule has 3 atom stereocenters. The molecule has 2 heterocycles. The molecule has 112 valence electrons. The largest absolute Gasteiger partial charge is 0.456 e. The quantitative estimate of drug-likeness (QED) is 0.630. The molecular formula is C17H21NO2S. The molecule has 2 fully saturated rings.